The van der Waals surface area contributed by atoms with Crippen molar-refractivity contribution >= 4 is 11.9 Å². The summed E-state index contributed by atoms with van der Waals surface area (Å²) >= 11 is 0. The molecule has 0 aromatic carbocycles. The average Bonchev–Trinajstić information content (AvgIpc) is 2.01. The first-order chi connectivity index (χ1) is 6.58. The molecular formula is C9H13N5. The van der Waals surface area contributed by atoms with Crippen LogP contribution in [-0.2, 0) is 0 Å². The molecule has 0 unspecified atom stereocenters. The maximum Gasteiger partial charge on any atom is 0.231 e. The predicted molar refractivity (Wildman–Crippen MR) is 56.7 cm³/mol. The molecule has 5 nitrogen and oxygen atoms in total. The first kappa shape index (κ1) is 10.2. The van der Waals surface area contributed by atoms with Crippen molar-refractivity contribution in [2.75, 3.05) is 10.6 Å². The van der Waals surface area contributed by atoms with Gasteiger partial charge in [-0.1, -0.05) is 13.2 Å². The van der Waals surface area contributed by atoms with Crippen molar-refractivity contribution < 1.29 is 0 Å². The van der Waals surface area contributed by atoms with E-state index in [9.17, 15) is 0 Å². The Balaban J connectivity index is 2.78. The lowest BCUT2D eigenvalue weighted by molar-refractivity contribution is 1.04. The molecule has 0 atom stereocenters. The lowest BCUT2D eigenvalue weighted by Crippen LogP contribution is -2.05. The highest BCUT2D eigenvalue weighted by Crippen LogP contribution is 2.05. The summed E-state index contributed by atoms with van der Waals surface area (Å²) in [5.74, 6) is 0.938. The van der Waals surface area contributed by atoms with Gasteiger partial charge in [-0.2, -0.15) is 4.98 Å². The molecule has 1 heterocycles. The van der Waals surface area contributed by atoms with E-state index in [2.05, 4.69) is 38.7 Å². The Labute approximate surface area is 83.0 Å². The van der Waals surface area contributed by atoms with Crippen LogP contribution in [-0.4, -0.2) is 15.0 Å². The van der Waals surface area contributed by atoms with E-state index >= 15 is 0 Å². The number of aromatic nitrogens is 3. The lowest BCUT2D eigenvalue weighted by Gasteiger charge is -2.05. The van der Waals surface area contributed by atoms with E-state index in [1.54, 1.807) is 0 Å². The van der Waals surface area contributed by atoms with Crippen molar-refractivity contribution in [1.29, 1.82) is 0 Å². The molecule has 0 saturated carbocycles. The summed E-state index contributed by atoms with van der Waals surface area (Å²) in [7, 11) is 0. The Hall–Kier alpha value is -1.91. The van der Waals surface area contributed by atoms with Crippen LogP contribution in [0.4, 0.5) is 11.9 Å². The third kappa shape index (κ3) is 3.22. The number of rotatable bonds is 4. The van der Waals surface area contributed by atoms with Crippen molar-refractivity contribution in [2.45, 2.75) is 13.8 Å². The SMILES string of the molecule is C=C(C)Nc1ncnc(NC(=C)C)n1. The van der Waals surface area contributed by atoms with Crippen LogP contribution in [0.3, 0.4) is 0 Å². The molecule has 1 aromatic rings. The molecule has 1 rings (SSSR count). The van der Waals surface area contributed by atoms with E-state index < -0.39 is 0 Å². The Bertz CT molecular complexity index is 327. The molecule has 0 amide bonds. The van der Waals surface area contributed by atoms with Crippen LogP contribution < -0.4 is 10.6 Å². The van der Waals surface area contributed by atoms with Gasteiger partial charge in [-0.15, -0.1) is 0 Å². The molecule has 0 saturated heterocycles. The minimum absolute atomic E-state index is 0.469. The number of allylic oxidation sites excluding steroid dienone is 2. The van der Waals surface area contributed by atoms with Crippen molar-refractivity contribution in [3.8, 4) is 0 Å². The fourth-order valence-electron chi connectivity index (χ4n) is 0.798. The highest BCUT2D eigenvalue weighted by Gasteiger charge is 1.99. The Morgan fingerprint density at radius 2 is 1.50 bits per heavy atom. The van der Waals surface area contributed by atoms with Gasteiger partial charge in [0, 0.05) is 11.4 Å². The first-order valence-electron chi connectivity index (χ1n) is 4.12. The summed E-state index contributed by atoms with van der Waals surface area (Å²) in [4.78, 5) is 11.9. The van der Waals surface area contributed by atoms with Crippen molar-refractivity contribution in [3.63, 3.8) is 0 Å². The normalized spacial score (nSPS) is 9.29. The fraction of sp³-hybridized carbons (Fsp3) is 0.222. The lowest BCUT2D eigenvalue weighted by atomic mass is 10.5. The monoisotopic (exact) mass is 191 g/mol. The van der Waals surface area contributed by atoms with Crippen LogP contribution >= 0.6 is 0 Å². The zero-order valence-corrected chi connectivity index (χ0v) is 8.33. The van der Waals surface area contributed by atoms with Crippen LogP contribution in [0.1, 0.15) is 13.8 Å². The number of hydrogen-bond acceptors (Lipinski definition) is 5. The molecule has 1 aromatic heterocycles. The zero-order chi connectivity index (χ0) is 10.6. The van der Waals surface area contributed by atoms with Gasteiger partial charge < -0.3 is 10.6 Å². The maximum absolute atomic E-state index is 4.09. The van der Waals surface area contributed by atoms with E-state index in [1.165, 1.54) is 6.33 Å². The van der Waals surface area contributed by atoms with Crippen molar-refractivity contribution in [1.82, 2.24) is 15.0 Å². The Morgan fingerprint density at radius 3 is 1.86 bits per heavy atom. The van der Waals surface area contributed by atoms with E-state index in [0.29, 0.717) is 11.9 Å². The first-order valence-corrected chi connectivity index (χ1v) is 4.12. The maximum atomic E-state index is 4.09. The number of hydrogen-bond donors (Lipinski definition) is 2. The van der Waals surface area contributed by atoms with Gasteiger partial charge in [0.05, 0.1) is 0 Å². The topological polar surface area (TPSA) is 62.7 Å². The van der Waals surface area contributed by atoms with E-state index in [0.717, 1.165) is 11.4 Å². The summed E-state index contributed by atoms with van der Waals surface area (Å²) < 4.78 is 0. The number of anilines is 2. The van der Waals surface area contributed by atoms with Crippen LogP contribution in [0.15, 0.2) is 30.9 Å². The van der Waals surface area contributed by atoms with Gasteiger partial charge in [-0.25, -0.2) is 9.97 Å². The molecule has 0 aliphatic rings. The van der Waals surface area contributed by atoms with Gasteiger partial charge in [-0.05, 0) is 13.8 Å². The summed E-state index contributed by atoms with van der Waals surface area (Å²) in [6.45, 7) is 11.0. The van der Waals surface area contributed by atoms with Crippen LogP contribution in [0, 0.1) is 0 Å². The van der Waals surface area contributed by atoms with E-state index in [4.69, 9.17) is 0 Å². The minimum atomic E-state index is 0.469. The van der Waals surface area contributed by atoms with Crippen molar-refractivity contribution in [2.24, 2.45) is 0 Å². The second-order valence-corrected chi connectivity index (χ2v) is 2.94. The second kappa shape index (κ2) is 4.36. The van der Waals surface area contributed by atoms with Crippen LogP contribution in [0.5, 0.6) is 0 Å². The van der Waals surface area contributed by atoms with Crippen LogP contribution in [0.25, 0.3) is 0 Å². The molecule has 0 radical (unpaired) electrons. The Morgan fingerprint density at radius 1 is 1.07 bits per heavy atom. The largest absolute Gasteiger partial charge is 0.329 e. The molecule has 74 valence electrons. The molecule has 5 heteroatoms. The molecule has 0 aliphatic heterocycles. The molecule has 0 fully saturated rings. The van der Waals surface area contributed by atoms with Crippen LogP contribution in [0.2, 0.25) is 0 Å². The van der Waals surface area contributed by atoms with Gasteiger partial charge in [0.25, 0.3) is 0 Å². The zero-order valence-electron chi connectivity index (χ0n) is 8.33. The number of nitrogens with one attached hydrogen (secondary N) is 2. The molecule has 14 heavy (non-hydrogen) atoms. The molecular weight excluding hydrogens is 178 g/mol. The highest BCUT2D eigenvalue weighted by molar-refractivity contribution is 5.39. The fourth-order valence-corrected chi connectivity index (χ4v) is 0.798. The average molecular weight is 191 g/mol. The van der Waals surface area contributed by atoms with Gasteiger partial charge in [0.1, 0.15) is 6.33 Å². The molecule has 0 aliphatic carbocycles. The summed E-state index contributed by atoms with van der Waals surface area (Å²) in [6.07, 6.45) is 1.42. The van der Waals surface area contributed by atoms with Gasteiger partial charge >= 0.3 is 0 Å². The van der Waals surface area contributed by atoms with Crippen molar-refractivity contribution in [3.05, 3.63) is 30.9 Å². The minimum Gasteiger partial charge on any atom is -0.329 e. The molecule has 2 N–H and O–H groups in total. The summed E-state index contributed by atoms with van der Waals surface area (Å²) in [5, 5.41) is 5.78. The molecule has 0 bridgehead atoms. The summed E-state index contributed by atoms with van der Waals surface area (Å²) in [6, 6.07) is 0. The second-order valence-electron chi connectivity index (χ2n) is 2.94. The third-order valence-electron chi connectivity index (χ3n) is 1.22. The van der Waals surface area contributed by atoms with E-state index in [-0.39, 0.29) is 0 Å². The van der Waals surface area contributed by atoms with Gasteiger partial charge in [0.2, 0.25) is 11.9 Å². The quantitative estimate of drug-likeness (QED) is 0.759. The highest BCUT2D eigenvalue weighted by atomic mass is 15.2. The Kier molecular flexibility index (Phi) is 3.17. The number of nitrogens with zero attached hydrogens (tertiary/aromatic N) is 3. The van der Waals surface area contributed by atoms with Gasteiger partial charge in [0.15, 0.2) is 0 Å². The molecule has 0 spiro atoms. The predicted octanol–water partition coefficient (Wildman–Crippen LogP) is 1.76. The van der Waals surface area contributed by atoms with E-state index in [1.807, 2.05) is 13.8 Å². The van der Waals surface area contributed by atoms with Gasteiger partial charge in [-0.3, -0.25) is 0 Å². The third-order valence-corrected chi connectivity index (χ3v) is 1.22. The summed E-state index contributed by atoms with van der Waals surface area (Å²) in [5.41, 5.74) is 1.55. The smallest absolute Gasteiger partial charge is 0.231 e. The standard InChI is InChI=1S/C9H13N5/c1-6(2)12-8-10-5-11-9(14-8)13-7(3)4/h5H,1,3H2,2,4H3,(H2,10,11,12,13,14).